The fraction of sp³-hybridized carbons (Fsp3) is 0.120. The predicted octanol–water partition coefficient (Wildman–Crippen LogP) is 4.20. The van der Waals surface area contributed by atoms with Gasteiger partial charge in [-0.05, 0) is 61.0 Å². The van der Waals surface area contributed by atoms with E-state index >= 15 is 0 Å². The van der Waals surface area contributed by atoms with Gasteiger partial charge >= 0.3 is 0 Å². The largest absolute Gasteiger partial charge is 0.330 e. The van der Waals surface area contributed by atoms with Crippen LogP contribution in [-0.2, 0) is 4.79 Å². The Morgan fingerprint density at radius 3 is 2.59 bits per heavy atom. The first-order chi connectivity index (χ1) is 16.3. The van der Waals surface area contributed by atoms with Crippen molar-refractivity contribution < 1.29 is 9.59 Å². The Bertz CT molecular complexity index is 1270. The van der Waals surface area contributed by atoms with Crippen LogP contribution in [0.4, 0.5) is 5.69 Å². The van der Waals surface area contributed by atoms with Gasteiger partial charge in [0, 0.05) is 29.2 Å². The number of nitrogens with one attached hydrogen (secondary N) is 3. The highest BCUT2D eigenvalue weighted by Gasteiger charge is 2.22. The molecule has 2 aromatic carbocycles. The number of benzene rings is 2. The molecule has 1 aromatic heterocycles. The van der Waals surface area contributed by atoms with E-state index in [1.165, 1.54) is 12.3 Å². The minimum absolute atomic E-state index is 0.208. The molecule has 1 atom stereocenters. The maximum absolute atomic E-state index is 13.1. The van der Waals surface area contributed by atoms with Gasteiger partial charge in [0.1, 0.15) is 5.84 Å². The number of carbonyl (C=O) groups excluding carboxylic acids is 2. The normalized spacial score (nSPS) is 11.2. The number of hydrogen-bond donors (Lipinski definition) is 4. The van der Waals surface area contributed by atoms with Gasteiger partial charge in [0.15, 0.2) is 0 Å². The quantitative estimate of drug-likeness (QED) is 0.224. The molecule has 2 amide bonds. The molecule has 0 aliphatic rings. The highest BCUT2D eigenvalue weighted by molar-refractivity contribution is 6.42. The van der Waals surface area contributed by atoms with Gasteiger partial charge in [-0.25, -0.2) is 0 Å². The number of aromatic nitrogens is 1. The topological polar surface area (TPSA) is 121 Å². The second-order valence-electron chi connectivity index (χ2n) is 7.27. The molecule has 0 aliphatic carbocycles. The summed E-state index contributed by atoms with van der Waals surface area (Å²) < 4.78 is 0. The first-order valence-electron chi connectivity index (χ1n) is 10.2. The summed E-state index contributed by atoms with van der Waals surface area (Å²) in [6, 6.07) is 12.9. The van der Waals surface area contributed by atoms with Gasteiger partial charge in [-0.2, -0.15) is 0 Å². The van der Waals surface area contributed by atoms with Crippen LogP contribution in [0, 0.1) is 17.8 Å². The van der Waals surface area contributed by atoms with Gasteiger partial charge in [0.2, 0.25) is 5.91 Å². The molecule has 3 aromatic rings. The van der Waals surface area contributed by atoms with Crippen LogP contribution in [0.2, 0.25) is 10.0 Å². The Balaban J connectivity index is 1.83. The van der Waals surface area contributed by atoms with Gasteiger partial charge in [-0.15, -0.1) is 6.42 Å². The van der Waals surface area contributed by atoms with E-state index in [9.17, 15) is 9.59 Å². The van der Waals surface area contributed by atoms with E-state index < -0.39 is 11.8 Å². The lowest BCUT2D eigenvalue weighted by atomic mass is 9.94. The first kappa shape index (κ1) is 24.9. The summed E-state index contributed by atoms with van der Waals surface area (Å²) in [7, 11) is 0. The van der Waals surface area contributed by atoms with Crippen LogP contribution in [0.5, 0.6) is 0 Å². The number of terminal acetylenes is 1. The average Bonchev–Trinajstić information content (AvgIpc) is 2.84. The third-order valence-electron chi connectivity index (χ3n) is 4.99. The van der Waals surface area contributed by atoms with Crippen molar-refractivity contribution >= 4 is 46.5 Å². The van der Waals surface area contributed by atoms with E-state index in [2.05, 4.69) is 21.5 Å². The highest BCUT2D eigenvalue weighted by atomic mass is 35.5. The molecule has 34 heavy (non-hydrogen) atoms. The summed E-state index contributed by atoms with van der Waals surface area (Å²) in [5.41, 5.74) is 7.77. The summed E-state index contributed by atoms with van der Waals surface area (Å²) >= 11 is 12.1. The summed E-state index contributed by atoms with van der Waals surface area (Å²) in [5.74, 6) is 0.900. The summed E-state index contributed by atoms with van der Waals surface area (Å²) in [6.45, 7) is 0.282. The zero-order valence-corrected chi connectivity index (χ0v) is 19.5. The molecule has 9 heteroatoms. The van der Waals surface area contributed by atoms with Crippen LogP contribution < -0.4 is 16.4 Å². The molecule has 0 fully saturated rings. The van der Waals surface area contributed by atoms with Crippen molar-refractivity contribution in [3.63, 3.8) is 0 Å². The first-order valence-corrected chi connectivity index (χ1v) is 11.0. The Morgan fingerprint density at radius 2 is 1.94 bits per heavy atom. The molecule has 3 rings (SSSR count). The molecule has 0 spiro atoms. The lowest BCUT2D eigenvalue weighted by Gasteiger charge is -2.18. The van der Waals surface area contributed by atoms with Crippen molar-refractivity contribution in [3.8, 4) is 12.3 Å². The molecule has 0 radical (unpaired) electrons. The van der Waals surface area contributed by atoms with E-state index in [1.54, 1.807) is 48.7 Å². The van der Waals surface area contributed by atoms with Crippen molar-refractivity contribution in [1.29, 1.82) is 5.41 Å². The van der Waals surface area contributed by atoms with Crippen LogP contribution in [-0.4, -0.2) is 29.2 Å². The molecule has 0 aliphatic heterocycles. The number of nitrogens with two attached hydrogens (primary N) is 1. The molecule has 7 nitrogen and oxygen atoms in total. The number of amides is 2. The molecule has 0 saturated carbocycles. The number of amidine groups is 1. The van der Waals surface area contributed by atoms with Gasteiger partial charge in [0.25, 0.3) is 5.91 Å². The van der Waals surface area contributed by atoms with Crippen LogP contribution in [0.25, 0.3) is 0 Å². The SMILES string of the molecule is C#Cc1ccc(NC(=O)C(CCN)c2ccc(Cl)c(Cl)c2)cc1C(=N)NC(=O)c1cccnc1. The van der Waals surface area contributed by atoms with E-state index in [-0.39, 0.29) is 23.9 Å². The monoisotopic (exact) mass is 493 g/mol. The zero-order chi connectivity index (χ0) is 24.7. The second-order valence-corrected chi connectivity index (χ2v) is 8.08. The Morgan fingerprint density at radius 1 is 1.15 bits per heavy atom. The predicted molar refractivity (Wildman–Crippen MR) is 134 cm³/mol. The van der Waals surface area contributed by atoms with Crippen LogP contribution in [0.15, 0.2) is 60.9 Å². The van der Waals surface area contributed by atoms with Crippen molar-refractivity contribution in [2.45, 2.75) is 12.3 Å². The fourth-order valence-electron chi connectivity index (χ4n) is 3.28. The van der Waals surface area contributed by atoms with Gasteiger partial charge < -0.3 is 16.4 Å². The summed E-state index contributed by atoms with van der Waals surface area (Å²) in [5, 5.41) is 14.4. The molecule has 172 valence electrons. The standard InChI is InChI=1S/C25H21Cl2N5O2/c1-2-15-5-7-18(13-20(15)23(29)32-24(33)17-4-3-11-30-14-17)31-25(34)19(9-10-28)16-6-8-21(26)22(27)12-16/h1,3-8,11-14,19H,9-10,28H2,(H,31,34)(H2,29,32,33). The average molecular weight is 494 g/mol. The molecule has 1 unspecified atom stereocenters. The van der Waals surface area contributed by atoms with Crippen LogP contribution in [0.1, 0.15) is 39.4 Å². The van der Waals surface area contributed by atoms with E-state index in [0.29, 0.717) is 38.8 Å². The smallest absolute Gasteiger partial charge is 0.258 e. The van der Waals surface area contributed by atoms with E-state index in [1.807, 2.05) is 0 Å². The minimum atomic E-state index is -0.569. The molecule has 0 saturated heterocycles. The molecule has 1 heterocycles. The van der Waals surface area contributed by atoms with Crippen molar-refractivity contribution in [1.82, 2.24) is 10.3 Å². The fourth-order valence-corrected chi connectivity index (χ4v) is 3.59. The van der Waals surface area contributed by atoms with Gasteiger partial charge in [-0.3, -0.25) is 20.0 Å². The number of carbonyl (C=O) groups is 2. The van der Waals surface area contributed by atoms with Crippen molar-refractivity contribution in [2.75, 3.05) is 11.9 Å². The number of hydrogen-bond acceptors (Lipinski definition) is 5. The summed E-state index contributed by atoms with van der Waals surface area (Å²) in [6.07, 6.45) is 8.90. The highest BCUT2D eigenvalue weighted by Crippen LogP contribution is 2.29. The molecular weight excluding hydrogens is 473 g/mol. The van der Waals surface area contributed by atoms with Crippen molar-refractivity contribution in [3.05, 3.63) is 93.2 Å². The molecule has 0 bridgehead atoms. The molecule has 5 N–H and O–H groups in total. The van der Waals surface area contributed by atoms with Gasteiger partial charge in [-0.1, -0.05) is 35.2 Å². The second kappa shape index (κ2) is 11.4. The maximum atomic E-state index is 13.1. The lowest BCUT2D eigenvalue weighted by molar-refractivity contribution is -0.117. The van der Waals surface area contributed by atoms with Crippen LogP contribution in [0.3, 0.4) is 0 Å². The van der Waals surface area contributed by atoms with E-state index in [0.717, 1.165) is 0 Å². The Kier molecular flexibility index (Phi) is 8.39. The number of rotatable bonds is 7. The number of pyridine rings is 1. The number of nitrogens with zero attached hydrogens (tertiary/aromatic N) is 1. The third-order valence-corrected chi connectivity index (χ3v) is 5.73. The van der Waals surface area contributed by atoms with Crippen LogP contribution >= 0.6 is 23.2 Å². The minimum Gasteiger partial charge on any atom is -0.330 e. The van der Waals surface area contributed by atoms with Crippen molar-refractivity contribution in [2.24, 2.45) is 5.73 Å². The lowest BCUT2D eigenvalue weighted by Crippen LogP contribution is -2.31. The third kappa shape index (κ3) is 6.00. The number of halogens is 2. The maximum Gasteiger partial charge on any atom is 0.258 e. The Hall–Kier alpha value is -3.70. The van der Waals surface area contributed by atoms with E-state index in [4.69, 9.17) is 40.8 Å². The Labute approximate surface area is 207 Å². The zero-order valence-electron chi connectivity index (χ0n) is 17.9. The number of anilines is 1. The molecular formula is C25H21Cl2N5O2. The van der Waals surface area contributed by atoms with Gasteiger partial charge in [0.05, 0.1) is 21.5 Å². The summed E-state index contributed by atoms with van der Waals surface area (Å²) in [4.78, 5) is 29.4.